The fourth-order valence-corrected chi connectivity index (χ4v) is 1.42. The van der Waals surface area contributed by atoms with Crippen molar-refractivity contribution in [3.63, 3.8) is 0 Å². The highest BCUT2D eigenvalue weighted by molar-refractivity contribution is 5.94. The molecule has 0 saturated heterocycles. The third-order valence-corrected chi connectivity index (χ3v) is 2.71. The van der Waals surface area contributed by atoms with Gasteiger partial charge in [-0.15, -0.1) is 0 Å². The Labute approximate surface area is 114 Å². The molecular formula is C14H22N2O3. The van der Waals surface area contributed by atoms with E-state index in [9.17, 15) is 4.79 Å². The average molecular weight is 266 g/mol. The number of benzene rings is 1. The van der Waals surface area contributed by atoms with Crippen molar-refractivity contribution in [1.82, 2.24) is 10.6 Å². The van der Waals surface area contributed by atoms with Crippen LogP contribution in [0.15, 0.2) is 24.3 Å². The lowest BCUT2D eigenvalue weighted by Crippen LogP contribution is -2.37. The molecule has 106 valence electrons. The van der Waals surface area contributed by atoms with Crippen LogP contribution >= 0.6 is 0 Å². The monoisotopic (exact) mass is 266 g/mol. The molecule has 5 nitrogen and oxygen atoms in total. The fraction of sp³-hybridized carbons (Fsp3) is 0.500. The molecule has 5 heteroatoms. The molecule has 1 atom stereocenters. The van der Waals surface area contributed by atoms with Gasteiger partial charge in [-0.25, -0.2) is 0 Å². The van der Waals surface area contributed by atoms with Gasteiger partial charge < -0.3 is 20.1 Å². The van der Waals surface area contributed by atoms with Crippen LogP contribution in [0, 0.1) is 0 Å². The molecule has 0 fully saturated rings. The van der Waals surface area contributed by atoms with E-state index in [1.165, 1.54) is 0 Å². The lowest BCUT2D eigenvalue weighted by Gasteiger charge is -2.12. The third-order valence-electron chi connectivity index (χ3n) is 2.71. The number of nitrogens with one attached hydrogen (secondary N) is 2. The first-order valence-corrected chi connectivity index (χ1v) is 6.34. The zero-order valence-electron chi connectivity index (χ0n) is 11.7. The highest BCUT2D eigenvalue weighted by Gasteiger charge is 2.07. The molecule has 0 spiro atoms. The number of hydrogen-bond donors (Lipinski definition) is 2. The van der Waals surface area contributed by atoms with E-state index in [0.717, 1.165) is 0 Å². The summed E-state index contributed by atoms with van der Waals surface area (Å²) in [5, 5.41) is 5.93. The Kier molecular flexibility index (Phi) is 6.92. The first kappa shape index (κ1) is 15.5. The van der Waals surface area contributed by atoms with Gasteiger partial charge in [0.1, 0.15) is 12.4 Å². The van der Waals surface area contributed by atoms with Crippen molar-refractivity contribution in [3.8, 4) is 5.75 Å². The normalized spacial score (nSPS) is 11.9. The van der Waals surface area contributed by atoms with Crippen molar-refractivity contribution in [2.75, 3.05) is 33.9 Å². The quantitative estimate of drug-likeness (QED) is 0.691. The standard InChI is InChI=1S/C14H22N2O3/c1-11(15-2)10-16-14(17)12-5-4-6-13(9-12)19-8-7-18-3/h4-6,9,11,15H,7-8,10H2,1-3H3,(H,16,17). The Bertz CT molecular complexity index is 396. The number of carbonyl (C=O) groups excluding carboxylic acids is 1. The van der Waals surface area contributed by atoms with Gasteiger partial charge in [0.25, 0.3) is 5.91 Å². The fourth-order valence-electron chi connectivity index (χ4n) is 1.42. The summed E-state index contributed by atoms with van der Waals surface area (Å²) in [6.45, 7) is 3.59. The van der Waals surface area contributed by atoms with Crippen LogP contribution < -0.4 is 15.4 Å². The van der Waals surface area contributed by atoms with E-state index in [1.54, 1.807) is 25.3 Å². The number of methoxy groups -OCH3 is 1. The molecule has 0 aromatic heterocycles. The number of likely N-dealkylation sites (N-methyl/N-ethyl adjacent to an activating group) is 1. The molecule has 0 bridgehead atoms. The second kappa shape index (κ2) is 8.50. The minimum Gasteiger partial charge on any atom is -0.491 e. The molecule has 1 unspecified atom stereocenters. The largest absolute Gasteiger partial charge is 0.491 e. The topological polar surface area (TPSA) is 59.6 Å². The van der Waals surface area contributed by atoms with Crippen molar-refractivity contribution in [3.05, 3.63) is 29.8 Å². The van der Waals surface area contributed by atoms with Crippen LogP contribution in [0.5, 0.6) is 5.75 Å². The molecule has 0 radical (unpaired) electrons. The number of ether oxygens (including phenoxy) is 2. The summed E-state index contributed by atoms with van der Waals surface area (Å²) < 4.78 is 10.4. The second-order valence-corrected chi connectivity index (χ2v) is 4.27. The number of rotatable bonds is 8. The maximum Gasteiger partial charge on any atom is 0.251 e. The highest BCUT2D eigenvalue weighted by atomic mass is 16.5. The molecule has 1 aromatic carbocycles. The van der Waals surface area contributed by atoms with Crippen LogP contribution in [0.4, 0.5) is 0 Å². The Morgan fingerprint density at radius 3 is 2.84 bits per heavy atom. The van der Waals surface area contributed by atoms with E-state index in [2.05, 4.69) is 10.6 Å². The molecule has 2 N–H and O–H groups in total. The van der Waals surface area contributed by atoms with E-state index in [4.69, 9.17) is 9.47 Å². The van der Waals surface area contributed by atoms with Crippen molar-refractivity contribution in [2.24, 2.45) is 0 Å². The van der Waals surface area contributed by atoms with Crippen molar-refractivity contribution >= 4 is 5.91 Å². The summed E-state index contributed by atoms with van der Waals surface area (Å²) in [5.74, 6) is 0.575. The molecule has 0 aliphatic carbocycles. The first-order chi connectivity index (χ1) is 9.17. The van der Waals surface area contributed by atoms with Crippen LogP contribution in [0.3, 0.4) is 0 Å². The molecule has 0 saturated carbocycles. The number of carbonyl (C=O) groups is 1. The van der Waals surface area contributed by atoms with Crippen LogP contribution in [0.25, 0.3) is 0 Å². The smallest absolute Gasteiger partial charge is 0.251 e. The Morgan fingerprint density at radius 2 is 2.16 bits per heavy atom. The summed E-state index contributed by atoms with van der Waals surface area (Å²) in [6.07, 6.45) is 0. The van der Waals surface area contributed by atoms with Crippen LogP contribution in [0.1, 0.15) is 17.3 Å². The van der Waals surface area contributed by atoms with Gasteiger partial charge in [-0.05, 0) is 32.2 Å². The van der Waals surface area contributed by atoms with Gasteiger partial charge in [-0.2, -0.15) is 0 Å². The van der Waals surface area contributed by atoms with Crippen molar-refractivity contribution in [1.29, 1.82) is 0 Å². The van der Waals surface area contributed by atoms with Crippen LogP contribution in [0.2, 0.25) is 0 Å². The molecule has 0 aliphatic rings. The SMILES string of the molecule is CNC(C)CNC(=O)c1cccc(OCCOC)c1. The van der Waals surface area contributed by atoms with Gasteiger partial charge in [0, 0.05) is 25.3 Å². The number of hydrogen-bond acceptors (Lipinski definition) is 4. The predicted octanol–water partition coefficient (Wildman–Crippen LogP) is 1.05. The predicted molar refractivity (Wildman–Crippen MR) is 74.7 cm³/mol. The van der Waals surface area contributed by atoms with E-state index in [0.29, 0.717) is 31.1 Å². The van der Waals surface area contributed by atoms with Gasteiger partial charge in [-0.1, -0.05) is 6.07 Å². The Morgan fingerprint density at radius 1 is 1.37 bits per heavy atom. The van der Waals surface area contributed by atoms with Crippen molar-refractivity contribution in [2.45, 2.75) is 13.0 Å². The molecule has 19 heavy (non-hydrogen) atoms. The molecule has 1 aromatic rings. The van der Waals surface area contributed by atoms with Gasteiger partial charge in [0.2, 0.25) is 0 Å². The Balaban J connectivity index is 2.52. The van der Waals surface area contributed by atoms with Crippen molar-refractivity contribution < 1.29 is 14.3 Å². The molecule has 0 aliphatic heterocycles. The van der Waals surface area contributed by atoms with Gasteiger partial charge in [0.15, 0.2) is 0 Å². The Hall–Kier alpha value is -1.59. The molecular weight excluding hydrogens is 244 g/mol. The zero-order chi connectivity index (χ0) is 14.1. The van der Waals surface area contributed by atoms with Gasteiger partial charge in [0.05, 0.1) is 6.61 Å². The van der Waals surface area contributed by atoms with Gasteiger partial charge in [-0.3, -0.25) is 4.79 Å². The summed E-state index contributed by atoms with van der Waals surface area (Å²) in [7, 11) is 3.48. The minimum absolute atomic E-state index is 0.0979. The van der Waals surface area contributed by atoms with E-state index >= 15 is 0 Å². The van der Waals surface area contributed by atoms with E-state index < -0.39 is 0 Å². The molecule has 0 heterocycles. The van der Waals surface area contributed by atoms with E-state index in [-0.39, 0.29) is 11.9 Å². The lowest BCUT2D eigenvalue weighted by atomic mass is 10.2. The second-order valence-electron chi connectivity index (χ2n) is 4.27. The minimum atomic E-state index is -0.0979. The van der Waals surface area contributed by atoms with E-state index in [1.807, 2.05) is 20.0 Å². The highest BCUT2D eigenvalue weighted by Crippen LogP contribution is 2.13. The maximum absolute atomic E-state index is 11.9. The van der Waals surface area contributed by atoms with Crippen LogP contribution in [-0.2, 0) is 4.74 Å². The molecule has 1 amide bonds. The third kappa shape index (κ3) is 5.72. The number of amides is 1. The lowest BCUT2D eigenvalue weighted by molar-refractivity contribution is 0.0950. The first-order valence-electron chi connectivity index (χ1n) is 6.34. The zero-order valence-corrected chi connectivity index (χ0v) is 11.7. The van der Waals surface area contributed by atoms with Gasteiger partial charge >= 0.3 is 0 Å². The summed E-state index contributed by atoms with van der Waals surface area (Å²) in [5.41, 5.74) is 0.596. The summed E-state index contributed by atoms with van der Waals surface area (Å²) >= 11 is 0. The summed E-state index contributed by atoms with van der Waals surface area (Å²) in [4.78, 5) is 11.9. The van der Waals surface area contributed by atoms with Crippen LogP contribution in [-0.4, -0.2) is 45.9 Å². The summed E-state index contributed by atoms with van der Waals surface area (Å²) in [6, 6.07) is 7.36. The molecule has 1 rings (SSSR count). The maximum atomic E-state index is 11.9. The average Bonchev–Trinajstić information content (AvgIpc) is 2.45.